The van der Waals surface area contributed by atoms with Crippen LogP contribution in [0.3, 0.4) is 0 Å². The van der Waals surface area contributed by atoms with Crippen LogP contribution in [0.1, 0.15) is 49.3 Å². The quantitative estimate of drug-likeness (QED) is 0.451. The van der Waals surface area contributed by atoms with Crippen molar-refractivity contribution in [2.75, 3.05) is 38.5 Å². The maximum Gasteiger partial charge on any atom is 0.243 e. The number of fused-ring (bicyclic) bond motifs is 1. The van der Waals surface area contributed by atoms with E-state index in [2.05, 4.69) is 26.8 Å². The zero-order valence-electron chi connectivity index (χ0n) is 21.1. The molecule has 5 rings (SSSR count). The van der Waals surface area contributed by atoms with Crippen molar-refractivity contribution in [1.29, 1.82) is 0 Å². The minimum atomic E-state index is -3.56. The Morgan fingerprint density at radius 1 is 1.11 bits per heavy atom. The smallest absolute Gasteiger partial charge is 0.243 e. The molecule has 2 aliphatic rings. The van der Waals surface area contributed by atoms with Crippen LogP contribution in [-0.4, -0.2) is 66.7 Å². The molecule has 1 aliphatic heterocycles. The van der Waals surface area contributed by atoms with E-state index in [0.29, 0.717) is 24.1 Å². The molecule has 0 spiro atoms. The first-order chi connectivity index (χ1) is 17.8. The van der Waals surface area contributed by atoms with E-state index in [1.165, 1.54) is 24.2 Å². The number of pyridine rings is 1. The number of nitrogens with one attached hydrogen (secondary N) is 1. The Hall–Kier alpha value is -2.66. The van der Waals surface area contributed by atoms with Crippen molar-refractivity contribution in [2.24, 2.45) is 5.92 Å². The molecular formula is C27H33N5O3S2. The molecule has 0 radical (unpaired) electrons. The number of likely N-dealkylation sites (N-methyl/N-ethyl adjacent to an activating group) is 1. The number of carbonyl (C=O) groups excluding carboxylic acids is 1. The van der Waals surface area contributed by atoms with Crippen LogP contribution in [0.15, 0.2) is 47.9 Å². The average molecular weight is 540 g/mol. The minimum Gasteiger partial charge on any atom is -0.304 e. The average Bonchev–Trinajstić information content (AvgIpc) is 3.56. The zero-order valence-corrected chi connectivity index (χ0v) is 22.7. The van der Waals surface area contributed by atoms with Crippen molar-refractivity contribution in [2.45, 2.75) is 42.9 Å². The summed E-state index contributed by atoms with van der Waals surface area (Å²) in [6, 6.07) is 10.6. The molecule has 1 amide bonds. The number of aromatic nitrogens is 2. The van der Waals surface area contributed by atoms with Crippen molar-refractivity contribution in [3.8, 4) is 0 Å². The van der Waals surface area contributed by atoms with E-state index >= 15 is 0 Å². The Balaban J connectivity index is 1.37. The van der Waals surface area contributed by atoms with Gasteiger partial charge in [-0.1, -0.05) is 55.7 Å². The molecule has 3 aromatic rings. The first kappa shape index (κ1) is 26.0. The number of amides is 1. The topological polar surface area (TPSA) is 95.5 Å². The predicted molar refractivity (Wildman–Crippen MR) is 148 cm³/mol. The van der Waals surface area contributed by atoms with E-state index in [0.717, 1.165) is 54.0 Å². The summed E-state index contributed by atoms with van der Waals surface area (Å²) in [6.07, 6.45) is 7.04. The number of hydrogen-bond donors (Lipinski definition) is 1. The number of thiazole rings is 1. The second-order valence-electron chi connectivity index (χ2n) is 9.99. The van der Waals surface area contributed by atoms with Gasteiger partial charge in [0, 0.05) is 26.2 Å². The lowest BCUT2D eigenvalue weighted by atomic mass is 9.87. The Morgan fingerprint density at radius 2 is 1.81 bits per heavy atom. The van der Waals surface area contributed by atoms with Gasteiger partial charge < -0.3 is 10.2 Å². The molecule has 0 unspecified atom stereocenters. The van der Waals surface area contributed by atoms with Crippen LogP contribution in [0.2, 0.25) is 0 Å². The lowest BCUT2D eigenvalue weighted by Gasteiger charge is -2.31. The Bertz CT molecular complexity index is 1370. The molecule has 1 aromatic carbocycles. The van der Waals surface area contributed by atoms with Crippen LogP contribution in [0.4, 0.5) is 5.13 Å². The first-order valence-electron chi connectivity index (χ1n) is 12.8. The van der Waals surface area contributed by atoms with Gasteiger partial charge in [0.2, 0.25) is 15.9 Å². The maximum absolute atomic E-state index is 13.5. The van der Waals surface area contributed by atoms with Crippen LogP contribution in [-0.2, 0) is 14.8 Å². The molecule has 2 aromatic heterocycles. The molecular weight excluding hydrogens is 506 g/mol. The highest BCUT2D eigenvalue weighted by atomic mass is 32.2. The van der Waals surface area contributed by atoms with Gasteiger partial charge in [0.1, 0.15) is 10.3 Å². The number of benzene rings is 1. The molecule has 0 bridgehead atoms. The Morgan fingerprint density at radius 3 is 2.49 bits per heavy atom. The van der Waals surface area contributed by atoms with E-state index in [1.807, 2.05) is 19.2 Å². The number of rotatable bonds is 8. The van der Waals surface area contributed by atoms with Crippen molar-refractivity contribution >= 4 is 48.8 Å². The monoisotopic (exact) mass is 539 g/mol. The SMILES string of the molecule is C=Cc1ccc2nc(NC(=O)[C@H](CC3CCCC3)c3ccc(S(=O)(=O)N4CCN(C)CC4)cc3)sc2n1. The normalized spacial score (nSPS) is 18.7. The summed E-state index contributed by atoms with van der Waals surface area (Å²) in [4.78, 5) is 25.7. The Kier molecular flexibility index (Phi) is 7.71. The summed E-state index contributed by atoms with van der Waals surface area (Å²) in [7, 11) is -1.56. The minimum absolute atomic E-state index is 0.121. The van der Waals surface area contributed by atoms with E-state index in [4.69, 9.17) is 0 Å². The van der Waals surface area contributed by atoms with Gasteiger partial charge in [0.25, 0.3) is 0 Å². The number of sulfonamides is 1. The summed E-state index contributed by atoms with van der Waals surface area (Å²) in [6.45, 7) is 6.17. The van der Waals surface area contributed by atoms with Gasteiger partial charge in [0.05, 0.1) is 16.5 Å². The third kappa shape index (κ3) is 5.77. The Labute approximate surface area is 222 Å². The molecule has 1 aliphatic carbocycles. The summed E-state index contributed by atoms with van der Waals surface area (Å²) in [5.41, 5.74) is 2.33. The number of hydrogen-bond acceptors (Lipinski definition) is 7. The lowest BCUT2D eigenvalue weighted by Crippen LogP contribution is -2.47. The van der Waals surface area contributed by atoms with Crippen LogP contribution in [0.25, 0.3) is 16.4 Å². The largest absolute Gasteiger partial charge is 0.304 e. The highest BCUT2D eigenvalue weighted by molar-refractivity contribution is 7.89. The van der Waals surface area contributed by atoms with Crippen LogP contribution < -0.4 is 5.32 Å². The van der Waals surface area contributed by atoms with Gasteiger partial charge in [-0.3, -0.25) is 4.79 Å². The molecule has 1 saturated heterocycles. The second kappa shape index (κ2) is 11.0. The molecule has 1 atom stereocenters. The number of carbonyl (C=O) groups is 1. The maximum atomic E-state index is 13.5. The summed E-state index contributed by atoms with van der Waals surface area (Å²) < 4.78 is 27.9. The molecule has 1 saturated carbocycles. The fourth-order valence-corrected chi connectivity index (χ4v) is 7.48. The zero-order chi connectivity index (χ0) is 26.0. The van der Waals surface area contributed by atoms with Crippen molar-refractivity contribution in [1.82, 2.24) is 19.2 Å². The standard InChI is InChI=1S/C27H33N5O3S2/c1-3-21-10-13-24-26(28-21)36-27(29-24)30-25(33)23(18-19-6-4-5-7-19)20-8-11-22(12-9-20)37(34,35)32-16-14-31(2)15-17-32/h3,8-13,19,23H,1,4-7,14-18H2,2H3,(H,29,30,33)/t23-/m1/s1. The molecule has 196 valence electrons. The number of piperazine rings is 1. The fourth-order valence-electron chi connectivity index (χ4n) is 5.21. The van der Waals surface area contributed by atoms with E-state index in [9.17, 15) is 13.2 Å². The number of nitrogens with zero attached hydrogens (tertiary/aromatic N) is 4. The molecule has 1 N–H and O–H groups in total. The third-order valence-electron chi connectivity index (χ3n) is 7.46. The number of anilines is 1. The highest BCUT2D eigenvalue weighted by Gasteiger charge is 2.30. The summed E-state index contributed by atoms with van der Waals surface area (Å²) in [5, 5.41) is 3.53. The van der Waals surface area contributed by atoms with Gasteiger partial charge in [-0.05, 0) is 55.3 Å². The van der Waals surface area contributed by atoms with Crippen molar-refractivity contribution in [3.63, 3.8) is 0 Å². The lowest BCUT2D eigenvalue weighted by molar-refractivity contribution is -0.118. The van der Waals surface area contributed by atoms with Gasteiger partial charge in [0.15, 0.2) is 5.13 Å². The van der Waals surface area contributed by atoms with E-state index in [1.54, 1.807) is 34.6 Å². The van der Waals surface area contributed by atoms with Gasteiger partial charge >= 0.3 is 0 Å². The predicted octanol–water partition coefficient (Wildman–Crippen LogP) is 4.57. The van der Waals surface area contributed by atoms with Crippen LogP contribution in [0.5, 0.6) is 0 Å². The van der Waals surface area contributed by atoms with Gasteiger partial charge in [-0.2, -0.15) is 4.31 Å². The van der Waals surface area contributed by atoms with E-state index < -0.39 is 10.0 Å². The van der Waals surface area contributed by atoms with Crippen molar-refractivity contribution in [3.05, 3.63) is 54.2 Å². The van der Waals surface area contributed by atoms with Crippen molar-refractivity contribution < 1.29 is 13.2 Å². The molecule has 3 heterocycles. The third-order valence-corrected chi connectivity index (χ3v) is 10.3. The molecule has 8 nitrogen and oxygen atoms in total. The van der Waals surface area contributed by atoms with E-state index in [-0.39, 0.29) is 16.7 Å². The fraction of sp³-hybridized carbons (Fsp3) is 0.444. The molecule has 2 fully saturated rings. The highest BCUT2D eigenvalue weighted by Crippen LogP contribution is 2.36. The second-order valence-corrected chi connectivity index (χ2v) is 12.9. The molecule has 37 heavy (non-hydrogen) atoms. The van der Waals surface area contributed by atoms with Gasteiger partial charge in [-0.25, -0.2) is 18.4 Å². The first-order valence-corrected chi connectivity index (χ1v) is 15.1. The van der Waals surface area contributed by atoms with Crippen LogP contribution in [0, 0.1) is 5.92 Å². The van der Waals surface area contributed by atoms with Crippen LogP contribution >= 0.6 is 11.3 Å². The summed E-state index contributed by atoms with van der Waals surface area (Å²) in [5.74, 6) is -0.0199. The summed E-state index contributed by atoms with van der Waals surface area (Å²) >= 11 is 1.34. The molecule has 10 heteroatoms. The van der Waals surface area contributed by atoms with Gasteiger partial charge in [-0.15, -0.1) is 0 Å².